The van der Waals surface area contributed by atoms with Crippen molar-refractivity contribution in [3.63, 3.8) is 0 Å². The molecule has 3 rings (SSSR count). The fraction of sp³-hybridized carbons (Fsp3) is 0.200. The molecule has 6 heteroatoms. The van der Waals surface area contributed by atoms with E-state index >= 15 is 0 Å². The molecule has 0 spiro atoms. The van der Waals surface area contributed by atoms with E-state index in [0.29, 0.717) is 19.5 Å². The van der Waals surface area contributed by atoms with Gasteiger partial charge in [0.25, 0.3) is 0 Å². The predicted molar refractivity (Wildman–Crippen MR) is 86.7 cm³/mol. The minimum atomic E-state index is 0.0778. The monoisotopic (exact) mass is 317 g/mol. The smallest absolute Gasteiger partial charge is 0.229 e. The summed E-state index contributed by atoms with van der Waals surface area (Å²) < 4.78 is 1.95. The number of amides is 1. The van der Waals surface area contributed by atoms with Gasteiger partial charge in [-0.2, -0.15) is 0 Å². The molecule has 0 fully saturated rings. The molecule has 0 aliphatic carbocycles. The number of carbonyl (C=O) groups is 1. The highest BCUT2D eigenvalue weighted by molar-refractivity contribution is 7.15. The van der Waals surface area contributed by atoms with Gasteiger partial charge in [0.2, 0.25) is 5.91 Å². The lowest BCUT2D eigenvalue weighted by Gasteiger charge is -2.20. The number of carbonyl (C=O) groups excluding carboxylic acids is 1. The molecule has 0 bridgehead atoms. The predicted octanol–water partition coefficient (Wildman–Crippen LogP) is 3.21. The maximum absolute atomic E-state index is 12.5. The van der Waals surface area contributed by atoms with E-state index in [-0.39, 0.29) is 5.91 Å². The molecule has 0 radical (unpaired) electrons. The molecular weight excluding hydrogens is 302 g/mol. The highest BCUT2D eigenvalue weighted by Gasteiger charge is 2.15. The summed E-state index contributed by atoms with van der Waals surface area (Å²) in [5.41, 5.74) is 0.812. The lowest BCUT2D eigenvalue weighted by Crippen LogP contribution is -2.31. The summed E-state index contributed by atoms with van der Waals surface area (Å²) in [6, 6.07) is 4.04. The second kappa shape index (κ2) is 6.24. The van der Waals surface area contributed by atoms with Gasteiger partial charge in [-0.1, -0.05) is 12.1 Å². The van der Waals surface area contributed by atoms with Gasteiger partial charge >= 0.3 is 0 Å². The van der Waals surface area contributed by atoms with Crippen LogP contribution in [0, 0.1) is 0 Å². The van der Waals surface area contributed by atoms with Crippen molar-refractivity contribution in [3.05, 3.63) is 58.5 Å². The van der Waals surface area contributed by atoms with Crippen LogP contribution < -0.4 is 0 Å². The van der Waals surface area contributed by atoms with E-state index in [9.17, 15) is 4.79 Å². The molecule has 3 aromatic rings. The van der Waals surface area contributed by atoms with Crippen molar-refractivity contribution >= 4 is 33.5 Å². The number of imidazole rings is 1. The Morgan fingerprint density at radius 1 is 1.43 bits per heavy atom. The molecule has 0 unspecified atom stereocenters. The van der Waals surface area contributed by atoms with Gasteiger partial charge in [-0.3, -0.25) is 9.20 Å². The van der Waals surface area contributed by atoms with Crippen molar-refractivity contribution in [1.82, 2.24) is 14.3 Å². The third-order valence-electron chi connectivity index (χ3n) is 3.10. The van der Waals surface area contributed by atoms with Gasteiger partial charge in [0.1, 0.15) is 0 Å². The molecule has 0 saturated carbocycles. The van der Waals surface area contributed by atoms with Crippen LogP contribution in [-0.2, 0) is 17.8 Å². The van der Waals surface area contributed by atoms with Crippen molar-refractivity contribution in [1.29, 1.82) is 0 Å². The Balaban J connectivity index is 1.71. The Morgan fingerprint density at radius 3 is 3.05 bits per heavy atom. The van der Waals surface area contributed by atoms with Crippen LogP contribution in [0.5, 0.6) is 0 Å². The molecule has 0 aliphatic heterocycles. The maximum Gasteiger partial charge on any atom is 0.229 e. The van der Waals surface area contributed by atoms with Crippen LogP contribution in [0.1, 0.15) is 10.6 Å². The molecule has 108 valence electrons. The average Bonchev–Trinajstić information content (AvgIpc) is 3.14. The van der Waals surface area contributed by atoms with Gasteiger partial charge in [0.15, 0.2) is 4.96 Å². The molecule has 0 aromatic carbocycles. The zero-order chi connectivity index (χ0) is 14.7. The fourth-order valence-corrected chi connectivity index (χ4v) is 3.57. The standard InChI is InChI=1S/C15H15N3OS2/c1-2-5-17(11-13-4-3-7-20-13)14(19)9-12-10-18-6-8-21-15(18)16-12/h2-4,6-8,10H,1,5,9,11H2. The summed E-state index contributed by atoms with van der Waals surface area (Å²) in [7, 11) is 0. The minimum absolute atomic E-state index is 0.0778. The van der Waals surface area contributed by atoms with E-state index in [1.54, 1.807) is 28.7 Å². The summed E-state index contributed by atoms with van der Waals surface area (Å²) in [4.78, 5) is 20.8. The first kappa shape index (κ1) is 14.0. The molecule has 3 aromatic heterocycles. The first-order valence-electron chi connectivity index (χ1n) is 6.58. The molecule has 3 heterocycles. The third kappa shape index (κ3) is 3.22. The first-order valence-corrected chi connectivity index (χ1v) is 8.34. The van der Waals surface area contributed by atoms with Gasteiger partial charge in [-0.05, 0) is 11.4 Å². The Labute approximate surface area is 131 Å². The number of nitrogens with zero attached hydrogens (tertiary/aromatic N) is 3. The SMILES string of the molecule is C=CCN(Cc1cccs1)C(=O)Cc1cn2ccsc2n1. The van der Waals surface area contributed by atoms with E-state index in [0.717, 1.165) is 10.7 Å². The quantitative estimate of drug-likeness (QED) is 0.655. The van der Waals surface area contributed by atoms with Gasteiger partial charge in [-0.25, -0.2) is 4.98 Å². The topological polar surface area (TPSA) is 37.6 Å². The summed E-state index contributed by atoms with van der Waals surface area (Å²) >= 11 is 3.23. The number of aromatic nitrogens is 2. The van der Waals surface area contributed by atoms with E-state index in [2.05, 4.69) is 11.6 Å². The molecule has 4 nitrogen and oxygen atoms in total. The average molecular weight is 317 g/mol. The number of thiophene rings is 1. The molecular formula is C15H15N3OS2. The number of rotatable bonds is 6. The Bertz CT molecular complexity index is 713. The van der Waals surface area contributed by atoms with Gasteiger partial charge in [-0.15, -0.1) is 29.3 Å². The zero-order valence-corrected chi connectivity index (χ0v) is 13.1. The van der Waals surface area contributed by atoms with Crippen LogP contribution in [0.3, 0.4) is 0 Å². The van der Waals surface area contributed by atoms with Crippen molar-refractivity contribution in [3.8, 4) is 0 Å². The first-order chi connectivity index (χ1) is 10.3. The molecule has 0 aliphatic rings. The van der Waals surface area contributed by atoms with Crippen LogP contribution in [0.25, 0.3) is 4.96 Å². The van der Waals surface area contributed by atoms with Gasteiger partial charge < -0.3 is 4.90 Å². The van der Waals surface area contributed by atoms with Gasteiger partial charge in [0.05, 0.1) is 18.7 Å². The second-order valence-corrected chi connectivity index (χ2v) is 6.55. The van der Waals surface area contributed by atoms with Crippen LogP contribution >= 0.6 is 22.7 Å². The lowest BCUT2D eigenvalue weighted by molar-refractivity contribution is -0.130. The minimum Gasteiger partial charge on any atom is -0.334 e. The molecule has 21 heavy (non-hydrogen) atoms. The van der Waals surface area contributed by atoms with Crippen molar-refractivity contribution in [2.45, 2.75) is 13.0 Å². The van der Waals surface area contributed by atoms with E-state index in [4.69, 9.17) is 0 Å². The van der Waals surface area contributed by atoms with Crippen LogP contribution in [0.2, 0.25) is 0 Å². The third-order valence-corrected chi connectivity index (χ3v) is 4.74. The van der Waals surface area contributed by atoms with E-state index in [1.165, 1.54) is 4.88 Å². The Hall–Kier alpha value is -1.92. The second-order valence-electron chi connectivity index (χ2n) is 4.64. The number of fused-ring (bicyclic) bond motifs is 1. The highest BCUT2D eigenvalue weighted by Crippen LogP contribution is 2.15. The molecule has 0 saturated heterocycles. The van der Waals surface area contributed by atoms with Crippen molar-refractivity contribution in [2.75, 3.05) is 6.54 Å². The Kier molecular flexibility index (Phi) is 4.17. The number of hydrogen-bond donors (Lipinski definition) is 0. The highest BCUT2D eigenvalue weighted by atomic mass is 32.1. The van der Waals surface area contributed by atoms with Crippen LogP contribution in [0.4, 0.5) is 0 Å². The summed E-state index contributed by atoms with van der Waals surface area (Å²) in [5, 5.41) is 4.00. The molecule has 0 atom stereocenters. The fourth-order valence-electron chi connectivity index (χ4n) is 2.13. The Morgan fingerprint density at radius 2 is 2.33 bits per heavy atom. The van der Waals surface area contributed by atoms with Gasteiger partial charge in [0, 0.05) is 29.2 Å². The molecule has 1 amide bonds. The normalized spacial score (nSPS) is 10.9. The van der Waals surface area contributed by atoms with E-state index < -0.39 is 0 Å². The summed E-state index contributed by atoms with van der Waals surface area (Å²) in [6.07, 6.45) is 5.96. The summed E-state index contributed by atoms with van der Waals surface area (Å²) in [5.74, 6) is 0.0778. The van der Waals surface area contributed by atoms with Crippen molar-refractivity contribution in [2.24, 2.45) is 0 Å². The van der Waals surface area contributed by atoms with Crippen LogP contribution in [0.15, 0.2) is 47.9 Å². The lowest BCUT2D eigenvalue weighted by atomic mass is 10.2. The number of hydrogen-bond acceptors (Lipinski definition) is 4. The number of thiazole rings is 1. The van der Waals surface area contributed by atoms with Crippen molar-refractivity contribution < 1.29 is 4.79 Å². The zero-order valence-electron chi connectivity index (χ0n) is 11.4. The largest absolute Gasteiger partial charge is 0.334 e. The van der Waals surface area contributed by atoms with E-state index in [1.807, 2.05) is 44.6 Å². The maximum atomic E-state index is 12.5. The molecule has 0 N–H and O–H groups in total. The summed E-state index contributed by atoms with van der Waals surface area (Å²) in [6.45, 7) is 4.92. The van der Waals surface area contributed by atoms with Crippen LogP contribution in [-0.4, -0.2) is 26.7 Å².